The molecular formula is C28H27NO6S. The van der Waals surface area contributed by atoms with Crippen LogP contribution in [-0.4, -0.2) is 25.1 Å². The number of rotatable bonds is 9. The van der Waals surface area contributed by atoms with E-state index < -0.39 is 17.5 Å². The molecule has 7 nitrogen and oxygen atoms in total. The molecule has 0 radical (unpaired) electrons. The van der Waals surface area contributed by atoms with Gasteiger partial charge < -0.3 is 19.2 Å². The van der Waals surface area contributed by atoms with Crippen molar-refractivity contribution in [2.75, 3.05) is 18.5 Å². The van der Waals surface area contributed by atoms with Crippen LogP contribution in [0, 0.1) is 6.92 Å². The van der Waals surface area contributed by atoms with Crippen molar-refractivity contribution in [3.05, 3.63) is 81.0 Å². The van der Waals surface area contributed by atoms with Crippen molar-refractivity contribution in [1.82, 2.24) is 0 Å². The van der Waals surface area contributed by atoms with Crippen molar-refractivity contribution >= 4 is 39.2 Å². The molecule has 2 heterocycles. The van der Waals surface area contributed by atoms with Gasteiger partial charge in [0, 0.05) is 28.0 Å². The minimum absolute atomic E-state index is 0.219. The average molecular weight is 506 g/mol. The summed E-state index contributed by atoms with van der Waals surface area (Å²) in [5.41, 5.74) is 3.47. The Morgan fingerprint density at radius 2 is 1.86 bits per heavy atom. The molecule has 0 saturated carbocycles. The molecule has 2 aromatic carbocycles. The number of nitrogens with one attached hydrogen (secondary N) is 1. The Bertz CT molecular complexity index is 1450. The molecule has 4 rings (SSSR count). The Hall–Kier alpha value is -3.91. The summed E-state index contributed by atoms with van der Waals surface area (Å²) < 4.78 is 16.5. The molecule has 36 heavy (non-hydrogen) atoms. The molecule has 0 spiro atoms. The van der Waals surface area contributed by atoms with Crippen LogP contribution >= 0.6 is 11.3 Å². The third-order valence-electron chi connectivity index (χ3n) is 5.68. The fourth-order valence-corrected chi connectivity index (χ4v) is 5.01. The molecule has 4 aromatic rings. The third-order valence-corrected chi connectivity index (χ3v) is 6.58. The molecule has 0 saturated heterocycles. The van der Waals surface area contributed by atoms with E-state index in [4.69, 9.17) is 13.9 Å². The Morgan fingerprint density at radius 1 is 1.08 bits per heavy atom. The van der Waals surface area contributed by atoms with Gasteiger partial charge in [0.1, 0.15) is 21.9 Å². The second kappa shape index (κ2) is 11.2. The highest BCUT2D eigenvalue weighted by molar-refractivity contribution is 7.15. The summed E-state index contributed by atoms with van der Waals surface area (Å²) in [4.78, 5) is 37.5. The molecule has 1 amide bonds. The molecule has 0 aliphatic heterocycles. The van der Waals surface area contributed by atoms with Gasteiger partial charge in [0.2, 0.25) is 0 Å². The SMILES string of the molecule is CCCc1cc(=O)oc2c(C)c(OCC(=O)Nc3scc(-c4ccccc4)c3C(=O)OCC)ccc12. The van der Waals surface area contributed by atoms with Crippen LogP contribution < -0.4 is 15.7 Å². The summed E-state index contributed by atoms with van der Waals surface area (Å²) in [7, 11) is 0. The van der Waals surface area contributed by atoms with Crippen LogP contribution in [0.3, 0.4) is 0 Å². The predicted molar refractivity (Wildman–Crippen MR) is 141 cm³/mol. The summed E-state index contributed by atoms with van der Waals surface area (Å²) >= 11 is 1.25. The fraction of sp³-hybridized carbons (Fsp3) is 0.250. The minimum Gasteiger partial charge on any atom is -0.483 e. The first-order valence-electron chi connectivity index (χ1n) is 11.8. The number of benzene rings is 2. The third kappa shape index (κ3) is 5.33. The minimum atomic E-state index is -0.503. The van der Waals surface area contributed by atoms with Gasteiger partial charge in [-0.15, -0.1) is 11.3 Å². The van der Waals surface area contributed by atoms with Gasteiger partial charge in [0.05, 0.1) is 6.61 Å². The van der Waals surface area contributed by atoms with Crippen molar-refractivity contribution < 1.29 is 23.5 Å². The Kier molecular flexibility index (Phi) is 7.85. The van der Waals surface area contributed by atoms with E-state index in [1.54, 1.807) is 19.9 Å². The fourth-order valence-electron chi connectivity index (χ4n) is 4.03. The van der Waals surface area contributed by atoms with Crippen molar-refractivity contribution in [1.29, 1.82) is 0 Å². The van der Waals surface area contributed by atoms with Crippen LogP contribution in [0.25, 0.3) is 22.1 Å². The molecular weight excluding hydrogens is 478 g/mol. The van der Waals surface area contributed by atoms with Crippen LogP contribution in [-0.2, 0) is 16.0 Å². The number of hydrogen-bond donors (Lipinski definition) is 1. The molecule has 2 aromatic heterocycles. The normalized spacial score (nSPS) is 10.9. The Morgan fingerprint density at radius 3 is 2.58 bits per heavy atom. The van der Waals surface area contributed by atoms with Gasteiger partial charge in [0.25, 0.3) is 5.91 Å². The van der Waals surface area contributed by atoms with E-state index >= 15 is 0 Å². The second-order valence-corrected chi connectivity index (χ2v) is 9.06. The predicted octanol–water partition coefficient (Wildman–Crippen LogP) is 5.98. The number of fused-ring (bicyclic) bond motifs is 1. The van der Waals surface area contributed by atoms with Gasteiger partial charge in [-0.25, -0.2) is 9.59 Å². The zero-order valence-electron chi connectivity index (χ0n) is 20.4. The molecule has 0 aliphatic rings. The number of esters is 1. The number of carbonyl (C=O) groups is 2. The maximum Gasteiger partial charge on any atom is 0.341 e. The largest absolute Gasteiger partial charge is 0.483 e. The van der Waals surface area contributed by atoms with Gasteiger partial charge in [-0.05, 0) is 43.5 Å². The van der Waals surface area contributed by atoms with Gasteiger partial charge in [-0.2, -0.15) is 0 Å². The molecule has 0 aliphatic carbocycles. The van der Waals surface area contributed by atoms with Gasteiger partial charge in [-0.1, -0.05) is 43.7 Å². The van der Waals surface area contributed by atoms with Crippen molar-refractivity contribution in [2.45, 2.75) is 33.6 Å². The van der Waals surface area contributed by atoms with Crippen LogP contribution in [0.2, 0.25) is 0 Å². The van der Waals surface area contributed by atoms with E-state index in [1.165, 1.54) is 17.4 Å². The summed E-state index contributed by atoms with van der Waals surface area (Å²) in [6, 6.07) is 14.6. The highest BCUT2D eigenvalue weighted by atomic mass is 32.1. The zero-order chi connectivity index (χ0) is 25.7. The molecule has 0 unspecified atom stereocenters. The topological polar surface area (TPSA) is 94.8 Å². The maximum absolute atomic E-state index is 12.8. The van der Waals surface area contributed by atoms with Crippen LogP contribution in [0.4, 0.5) is 5.00 Å². The van der Waals surface area contributed by atoms with Crippen LogP contribution in [0.5, 0.6) is 5.75 Å². The lowest BCUT2D eigenvalue weighted by atomic mass is 10.0. The first kappa shape index (κ1) is 25.2. The second-order valence-electron chi connectivity index (χ2n) is 8.18. The number of thiophene rings is 1. The van der Waals surface area contributed by atoms with Crippen LogP contribution in [0.15, 0.2) is 63.1 Å². The van der Waals surface area contributed by atoms with Gasteiger partial charge in [0.15, 0.2) is 6.61 Å². The van der Waals surface area contributed by atoms with E-state index in [9.17, 15) is 14.4 Å². The van der Waals surface area contributed by atoms with E-state index in [2.05, 4.69) is 5.32 Å². The summed E-state index contributed by atoms with van der Waals surface area (Å²) in [6.45, 7) is 5.51. The number of carbonyl (C=O) groups excluding carboxylic acids is 2. The van der Waals surface area contributed by atoms with Crippen molar-refractivity contribution in [3.8, 4) is 16.9 Å². The molecule has 186 valence electrons. The van der Waals surface area contributed by atoms with E-state index in [0.29, 0.717) is 33.0 Å². The van der Waals surface area contributed by atoms with Crippen molar-refractivity contribution in [2.24, 2.45) is 0 Å². The first-order valence-corrected chi connectivity index (χ1v) is 12.6. The molecule has 8 heteroatoms. The smallest absolute Gasteiger partial charge is 0.341 e. The molecule has 0 atom stereocenters. The lowest BCUT2D eigenvalue weighted by Crippen LogP contribution is -2.21. The zero-order valence-corrected chi connectivity index (χ0v) is 21.2. The average Bonchev–Trinajstić information content (AvgIpc) is 3.28. The van der Waals surface area contributed by atoms with E-state index in [1.807, 2.05) is 48.7 Å². The van der Waals surface area contributed by atoms with E-state index in [0.717, 1.165) is 29.4 Å². The quantitative estimate of drug-likeness (QED) is 0.222. The number of aryl methyl sites for hydroxylation is 2. The first-order chi connectivity index (χ1) is 17.4. The van der Waals surface area contributed by atoms with Gasteiger partial charge in [-0.3, -0.25) is 4.79 Å². The number of hydrogen-bond acceptors (Lipinski definition) is 7. The molecule has 0 bridgehead atoms. The Balaban J connectivity index is 1.54. The standard InChI is InChI=1S/C28H27NO6S/c1-4-9-19-14-24(31)35-26-17(3)22(13-12-20(19)26)34-15-23(30)29-27-25(28(32)33-5-2)21(16-36-27)18-10-7-6-8-11-18/h6-8,10-14,16H,4-5,9,15H2,1-3H3,(H,29,30). The highest BCUT2D eigenvalue weighted by Crippen LogP contribution is 2.36. The van der Waals surface area contributed by atoms with E-state index in [-0.39, 0.29) is 13.2 Å². The lowest BCUT2D eigenvalue weighted by molar-refractivity contribution is -0.118. The van der Waals surface area contributed by atoms with Crippen molar-refractivity contribution in [3.63, 3.8) is 0 Å². The molecule has 0 fully saturated rings. The Labute approximate surface area is 212 Å². The number of anilines is 1. The van der Waals surface area contributed by atoms with Gasteiger partial charge >= 0.3 is 11.6 Å². The highest BCUT2D eigenvalue weighted by Gasteiger charge is 2.23. The number of ether oxygens (including phenoxy) is 2. The van der Waals surface area contributed by atoms with Crippen LogP contribution in [0.1, 0.15) is 41.8 Å². The number of amides is 1. The summed E-state index contributed by atoms with van der Waals surface area (Å²) in [5.74, 6) is -0.490. The monoisotopic (exact) mass is 505 g/mol. The lowest BCUT2D eigenvalue weighted by Gasteiger charge is -2.13. The molecule has 1 N–H and O–H groups in total. The summed E-state index contributed by atoms with van der Waals surface area (Å²) in [6.07, 6.45) is 1.66. The maximum atomic E-state index is 12.8. The summed E-state index contributed by atoms with van der Waals surface area (Å²) in [5, 5.41) is 5.86.